The van der Waals surface area contributed by atoms with E-state index in [0.717, 1.165) is 71.4 Å². The molecule has 3 rings (SSSR count). The predicted molar refractivity (Wildman–Crippen MR) is 93.2 cm³/mol. The number of aromatic nitrogens is 1. The summed E-state index contributed by atoms with van der Waals surface area (Å²) in [6, 6.07) is 5.94. The van der Waals surface area contributed by atoms with Crippen molar-refractivity contribution in [2.45, 2.75) is 0 Å². The van der Waals surface area contributed by atoms with E-state index >= 15 is 0 Å². The number of ether oxygens (including phenoxy) is 1. The van der Waals surface area contributed by atoms with Crippen LogP contribution in [0, 0.1) is 0 Å². The van der Waals surface area contributed by atoms with Crippen LogP contribution in [0.1, 0.15) is 0 Å². The molecule has 0 radical (unpaired) electrons. The highest BCUT2D eigenvalue weighted by molar-refractivity contribution is 5.78. The molecule has 2 saturated heterocycles. The fraction of sp³-hybridized carbons (Fsp3) is 0.647. The monoisotopic (exact) mass is 333 g/mol. The van der Waals surface area contributed by atoms with Gasteiger partial charge in [0.25, 0.3) is 0 Å². The molecule has 132 valence electrons. The van der Waals surface area contributed by atoms with Gasteiger partial charge in [0.15, 0.2) is 0 Å². The lowest BCUT2D eigenvalue weighted by atomic mass is 10.3. The van der Waals surface area contributed by atoms with Gasteiger partial charge in [0.05, 0.1) is 19.8 Å². The molecule has 1 N–H and O–H groups in total. The summed E-state index contributed by atoms with van der Waals surface area (Å²) in [6.45, 7) is 9.08. The van der Waals surface area contributed by atoms with E-state index < -0.39 is 0 Å². The second-order valence-corrected chi connectivity index (χ2v) is 6.19. The van der Waals surface area contributed by atoms with Crippen molar-refractivity contribution >= 4 is 11.7 Å². The molecule has 24 heavy (non-hydrogen) atoms. The zero-order valence-electron chi connectivity index (χ0n) is 14.2. The number of rotatable bonds is 6. The van der Waals surface area contributed by atoms with Crippen LogP contribution in [-0.4, -0.2) is 92.8 Å². The first-order valence-corrected chi connectivity index (χ1v) is 8.77. The van der Waals surface area contributed by atoms with Crippen LogP contribution in [0.5, 0.6) is 0 Å². The van der Waals surface area contributed by atoms with Crippen LogP contribution >= 0.6 is 0 Å². The predicted octanol–water partition coefficient (Wildman–Crippen LogP) is -0.348. The summed E-state index contributed by atoms with van der Waals surface area (Å²) in [5.74, 6) is 1.19. The van der Waals surface area contributed by atoms with Gasteiger partial charge in [0.2, 0.25) is 5.91 Å². The molecular formula is C17H27N5O2. The average Bonchev–Trinajstić information content (AvgIpc) is 2.67. The lowest BCUT2D eigenvalue weighted by molar-refractivity contribution is -0.130. The fourth-order valence-electron chi connectivity index (χ4n) is 3.09. The Balaban J connectivity index is 1.32. The smallest absolute Gasteiger partial charge is 0.236 e. The van der Waals surface area contributed by atoms with Gasteiger partial charge in [-0.05, 0) is 12.1 Å². The van der Waals surface area contributed by atoms with Crippen LogP contribution in [0.2, 0.25) is 0 Å². The van der Waals surface area contributed by atoms with Gasteiger partial charge in [-0.2, -0.15) is 0 Å². The van der Waals surface area contributed by atoms with Gasteiger partial charge in [0.1, 0.15) is 5.82 Å². The van der Waals surface area contributed by atoms with Crippen molar-refractivity contribution < 1.29 is 9.53 Å². The second-order valence-electron chi connectivity index (χ2n) is 6.19. The summed E-state index contributed by atoms with van der Waals surface area (Å²) >= 11 is 0. The summed E-state index contributed by atoms with van der Waals surface area (Å²) in [7, 11) is 0. The van der Waals surface area contributed by atoms with Crippen molar-refractivity contribution in [2.75, 3.05) is 77.0 Å². The molecule has 0 unspecified atom stereocenters. The maximum Gasteiger partial charge on any atom is 0.236 e. The zero-order chi connectivity index (χ0) is 16.6. The minimum absolute atomic E-state index is 0.192. The van der Waals surface area contributed by atoms with Gasteiger partial charge in [-0.15, -0.1) is 0 Å². The second kappa shape index (κ2) is 8.96. The molecule has 2 aliphatic heterocycles. The molecule has 1 aromatic heterocycles. The topological polar surface area (TPSA) is 60.9 Å². The molecule has 7 nitrogen and oxygen atoms in total. The first-order chi connectivity index (χ1) is 11.8. The molecule has 0 aromatic carbocycles. The van der Waals surface area contributed by atoms with E-state index in [4.69, 9.17) is 4.74 Å². The quantitative estimate of drug-likeness (QED) is 0.718. The Labute approximate surface area is 143 Å². The Morgan fingerprint density at radius 1 is 1.12 bits per heavy atom. The molecule has 0 atom stereocenters. The lowest BCUT2D eigenvalue weighted by Gasteiger charge is -2.35. The van der Waals surface area contributed by atoms with Crippen molar-refractivity contribution in [1.29, 1.82) is 0 Å². The molecule has 1 aromatic rings. The number of carbonyl (C=O) groups excluding carboxylic acids is 1. The van der Waals surface area contributed by atoms with Crippen molar-refractivity contribution in [1.82, 2.24) is 20.1 Å². The normalized spacial score (nSPS) is 19.5. The largest absolute Gasteiger partial charge is 0.379 e. The van der Waals surface area contributed by atoms with Crippen LogP contribution in [0.4, 0.5) is 5.82 Å². The van der Waals surface area contributed by atoms with Crippen LogP contribution in [-0.2, 0) is 9.53 Å². The van der Waals surface area contributed by atoms with Crippen molar-refractivity contribution in [3.05, 3.63) is 24.4 Å². The summed E-state index contributed by atoms with van der Waals surface area (Å²) in [4.78, 5) is 23.2. The molecule has 2 fully saturated rings. The highest BCUT2D eigenvalue weighted by Crippen LogP contribution is 2.12. The molecule has 7 heteroatoms. The van der Waals surface area contributed by atoms with Crippen LogP contribution < -0.4 is 10.2 Å². The Kier molecular flexibility index (Phi) is 6.40. The molecule has 3 heterocycles. The fourth-order valence-corrected chi connectivity index (χ4v) is 3.09. The SMILES string of the molecule is O=C(CNCCN1CCOCC1)N1CCN(c2ccccn2)CC1. The summed E-state index contributed by atoms with van der Waals surface area (Å²) in [5.41, 5.74) is 0. The molecule has 0 bridgehead atoms. The molecule has 0 spiro atoms. The van der Waals surface area contributed by atoms with E-state index in [2.05, 4.69) is 20.1 Å². The summed E-state index contributed by atoms with van der Waals surface area (Å²) < 4.78 is 5.33. The minimum Gasteiger partial charge on any atom is -0.379 e. The molecule has 0 aliphatic carbocycles. The molecule has 1 amide bonds. The van der Waals surface area contributed by atoms with Gasteiger partial charge >= 0.3 is 0 Å². The summed E-state index contributed by atoms with van der Waals surface area (Å²) in [6.07, 6.45) is 1.81. The van der Waals surface area contributed by atoms with Crippen molar-refractivity contribution in [2.24, 2.45) is 0 Å². The number of carbonyl (C=O) groups is 1. The van der Waals surface area contributed by atoms with E-state index in [0.29, 0.717) is 6.54 Å². The number of hydrogen-bond acceptors (Lipinski definition) is 6. The van der Waals surface area contributed by atoms with E-state index in [1.807, 2.05) is 29.3 Å². The van der Waals surface area contributed by atoms with Crippen LogP contribution in [0.15, 0.2) is 24.4 Å². The average molecular weight is 333 g/mol. The maximum atomic E-state index is 12.3. The number of hydrogen-bond donors (Lipinski definition) is 1. The van der Waals surface area contributed by atoms with Gasteiger partial charge in [-0.3, -0.25) is 9.69 Å². The third-order valence-electron chi connectivity index (χ3n) is 4.59. The maximum absolute atomic E-state index is 12.3. The van der Waals surface area contributed by atoms with Crippen molar-refractivity contribution in [3.8, 4) is 0 Å². The lowest BCUT2D eigenvalue weighted by Crippen LogP contribution is -2.51. The summed E-state index contributed by atoms with van der Waals surface area (Å²) in [5, 5.41) is 3.27. The van der Waals surface area contributed by atoms with Crippen LogP contribution in [0.3, 0.4) is 0 Å². The van der Waals surface area contributed by atoms with E-state index in [1.54, 1.807) is 0 Å². The zero-order valence-corrected chi connectivity index (χ0v) is 14.2. The number of anilines is 1. The molecule has 0 saturated carbocycles. The number of nitrogens with one attached hydrogen (secondary N) is 1. The third-order valence-corrected chi connectivity index (χ3v) is 4.59. The van der Waals surface area contributed by atoms with E-state index in [-0.39, 0.29) is 5.91 Å². The van der Waals surface area contributed by atoms with Gasteiger partial charge in [0, 0.05) is 58.6 Å². The number of pyridine rings is 1. The van der Waals surface area contributed by atoms with Crippen LogP contribution in [0.25, 0.3) is 0 Å². The number of amides is 1. The van der Waals surface area contributed by atoms with E-state index in [9.17, 15) is 4.79 Å². The molecule has 2 aliphatic rings. The standard InChI is InChI=1S/C17H27N5O2/c23-17(15-18-5-6-20-11-13-24-14-12-20)22-9-7-21(8-10-22)16-3-1-2-4-19-16/h1-4,18H,5-15H2. The third kappa shape index (κ3) is 4.90. The van der Waals surface area contributed by atoms with Gasteiger partial charge < -0.3 is 19.9 Å². The minimum atomic E-state index is 0.192. The first kappa shape index (κ1) is 17.1. The Morgan fingerprint density at radius 2 is 1.92 bits per heavy atom. The number of piperazine rings is 1. The Morgan fingerprint density at radius 3 is 2.62 bits per heavy atom. The Hall–Kier alpha value is -1.70. The van der Waals surface area contributed by atoms with Crippen molar-refractivity contribution in [3.63, 3.8) is 0 Å². The highest BCUT2D eigenvalue weighted by atomic mass is 16.5. The Bertz CT molecular complexity index is 499. The first-order valence-electron chi connectivity index (χ1n) is 8.77. The number of nitrogens with zero attached hydrogens (tertiary/aromatic N) is 4. The number of morpholine rings is 1. The van der Waals surface area contributed by atoms with Gasteiger partial charge in [-0.1, -0.05) is 6.07 Å². The van der Waals surface area contributed by atoms with E-state index in [1.165, 1.54) is 0 Å². The van der Waals surface area contributed by atoms with Gasteiger partial charge in [-0.25, -0.2) is 4.98 Å². The highest BCUT2D eigenvalue weighted by Gasteiger charge is 2.21. The molecular weight excluding hydrogens is 306 g/mol.